The molecule has 1 rings (SSSR count). The smallest absolute Gasteiger partial charge is 0.371 e. The van der Waals surface area contributed by atoms with Gasteiger partial charge in [-0.25, -0.2) is 0 Å². The number of alkyl halides is 3. The Morgan fingerprint density at radius 2 is 2.22 bits per heavy atom. The average Bonchev–Trinajstić information content (AvgIpc) is 2.08. The summed E-state index contributed by atoms with van der Waals surface area (Å²) in [5.74, 6) is 0.328. The molecule has 0 amide bonds. The molecule has 0 aromatic heterocycles. The summed E-state index contributed by atoms with van der Waals surface area (Å²) in [4.78, 5) is 0. The molecule has 5 heteroatoms. The Kier molecular flexibility index (Phi) is 1.61. The molecule has 0 radical (unpaired) electrons. The van der Waals surface area contributed by atoms with Crippen molar-refractivity contribution in [2.75, 3.05) is 5.88 Å². The van der Waals surface area contributed by atoms with Gasteiger partial charge in [-0.15, -0.1) is 11.8 Å². The van der Waals surface area contributed by atoms with E-state index < -0.39 is 11.9 Å². The molecule has 0 atom stereocenters. The zero-order valence-electron chi connectivity index (χ0n) is 4.33. The Morgan fingerprint density at radius 1 is 1.56 bits per heavy atom. The molecule has 52 valence electrons. The fourth-order valence-corrected chi connectivity index (χ4v) is 1.16. The van der Waals surface area contributed by atoms with Crippen molar-refractivity contribution in [1.82, 2.24) is 5.32 Å². The molecule has 9 heavy (non-hydrogen) atoms. The zero-order valence-corrected chi connectivity index (χ0v) is 5.14. The van der Waals surface area contributed by atoms with Gasteiger partial charge in [-0.05, 0) is 0 Å². The molecule has 1 aliphatic rings. The largest absolute Gasteiger partial charge is 0.431 e. The van der Waals surface area contributed by atoms with Gasteiger partial charge in [-0.2, -0.15) is 13.2 Å². The van der Waals surface area contributed by atoms with Crippen LogP contribution in [0.4, 0.5) is 13.2 Å². The molecule has 0 saturated heterocycles. The third-order valence-corrected chi connectivity index (χ3v) is 1.57. The summed E-state index contributed by atoms with van der Waals surface area (Å²) in [5, 5.41) is 3.28. The van der Waals surface area contributed by atoms with Crippen LogP contribution in [0.5, 0.6) is 0 Å². The summed E-state index contributed by atoms with van der Waals surface area (Å²) >= 11 is 1.12. The van der Waals surface area contributed by atoms with Gasteiger partial charge in [0.05, 0.1) is 5.88 Å². The number of halogens is 3. The maximum atomic E-state index is 11.6. The van der Waals surface area contributed by atoms with Crippen molar-refractivity contribution < 1.29 is 13.2 Å². The van der Waals surface area contributed by atoms with Crippen LogP contribution in [0.3, 0.4) is 0 Å². The Hall–Kier alpha value is -0.320. The summed E-state index contributed by atoms with van der Waals surface area (Å²) in [6.45, 7) is 0. The van der Waals surface area contributed by atoms with E-state index in [1.165, 1.54) is 0 Å². The second-order valence-corrected chi connectivity index (χ2v) is 2.37. The molecule has 0 aliphatic carbocycles. The van der Waals surface area contributed by atoms with Gasteiger partial charge < -0.3 is 5.32 Å². The summed E-state index contributed by atoms with van der Waals surface area (Å²) in [5.41, 5.74) is -0.632. The molecule has 0 spiro atoms. The average molecular weight is 155 g/mol. The van der Waals surface area contributed by atoms with E-state index >= 15 is 0 Å². The van der Waals surface area contributed by atoms with E-state index in [0.717, 1.165) is 17.2 Å². The molecule has 0 unspecified atom stereocenters. The van der Waals surface area contributed by atoms with Crippen LogP contribution in [0.1, 0.15) is 0 Å². The number of hydrogen-bond donors (Lipinski definition) is 1. The third kappa shape index (κ3) is 1.54. The number of hydrogen-bond acceptors (Lipinski definition) is 2. The molecule has 0 bridgehead atoms. The van der Waals surface area contributed by atoms with Crippen molar-refractivity contribution in [1.29, 1.82) is 0 Å². The molecule has 1 aliphatic heterocycles. The molecule has 0 fully saturated rings. The highest BCUT2D eigenvalue weighted by molar-refractivity contribution is 8.02. The van der Waals surface area contributed by atoms with Crippen molar-refractivity contribution in [2.24, 2.45) is 0 Å². The summed E-state index contributed by atoms with van der Waals surface area (Å²) in [7, 11) is 0. The van der Waals surface area contributed by atoms with E-state index in [1.54, 1.807) is 0 Å². The fourth-order valence-electron chi connectivity index (χ4n) is 0.453. The van der Waals surface area contributed by atoms with Crippen molar-refractivity contribution in [3.05, 3.63) is 11.1 Å². The van der Waals surface area contributed by atoms with Gasteiger partial charge in [0.15, 0.2) is 0 Å². The van der Waals surface area contributed by atoms with Crippen LogP contribution in [-0.4, -0.2) is 12.1 Å². The SMILES string of the molecule is FC(F)(F)C1=CSCN1. The lowest BCUT2D eigenvalue weighted by Gasteiger charge is -2.05. The zero-order chi connectivity index (χ0) is 6.91. The van der Waals surface area contributed by atoms with Crippen LogP contribution in [-0.2, 0) is 0 Å². The Morgan fingerprint density at radius 3 is 2.44 bits per heavy atom. The monoisotopic (exact) mass is 155 g/mol. The molecule has 1 heterocycles. The second kappa shape index (κ2) is 2.13. The quantitative estimate of drug-likeness (QED) is 0.571. The van der Waals surface area contributed by atoms with E-state index in [4.69, 9.17) is 0 Å². The van der Waals surface area contributed by atoms with Crippen LogP contribution in [0.25, 0.3) is 0 Å². The minimum absolute atomic E-state index is 0.328. The van der Waals surface area contributed by atoms with Crippen molar-refractivity contribution in [3.63, 3.8) is 0 Å². The first-order valence-corrected chi connectivity index (χ1v) is 3.28. The van der Waals surface area contributed by atoms with E-state index in [0.29, 0.717) is 5.88 Å². The Labute approximate surface area is 54.3 Å². The molecule has 1 nitrogen and oxygen atoms in total. The van der Waals surface area contributed by atoms with E-state index in [9.17, 15) is 13.2 Å². The number of nitrogens with one attached hydrogen (secondary N) is 1. The summed E-state index contributed by atoms with van der Waals surface area (Å²) in [6.07, 6.45) is -4.19. The molecule has 0 aromatic carbocycles. The van der Waals surface area contributed by atoms with Crippen molar-refractivity contribution >= 4 is 11.8 Å². The van der Waals surface area contributed by atoms with E-state index in [1.807, 2.05) is 0 Å². The summed E-state index contributed by atoms with van der Waals surface area (Å²) in [6, 6.07) is 0. The number of allylic oxidation sites excluding steroid dienone is 1. The molecular formula is C4H4F3NS. The van der Waals surface area contributed by atoms with Crippen molar-refractivity contribution in [2.45, 2.75) is 6.18 Å². The second-order valence-electron chi connectivity index (χ2n) is 1.52. The van der Waals surface area contributed by atoms with Gasteiger partial charge in [0.1, 0.15) is 5.70 Å². The molecular weight excluding hydrogens is 151 g/mol. The Balaban J connectivity index is 2.61. The topological polar surface area (TPSA) is 12.0 Å². The minimum Gasteiger partial charge on any atom is -0.371 e. The summed E-state index contributed by atoms with van der Waals surface area (Å²) < 4.78 is 34.8. The maximum Gasteiger partial charge on any atom is 0.431 e. The highest BCUT2D eigenvalue weighted by Gasteiger charge is 2.35. The first-order chi connectivity index (χ1) is 4.11. The van der Waals surface area contributed by atoms with E-state index in [-0.39, 0.29) is 0 Å². The highest BCUT2D eigenvalue weighted by atomic mass is 32.2. The van der Waals surface area contributed by atoms with E-state index in [2.05, 4.69) is 5.32 Å². The first-order valence-electron chi connectivity index (χ1n) is 2.23. The van der Waals surface area contributed by atoms with Gasteiger partial charge in [0, 0.05) is 5.41 Å². The maximum absolute atomic E-state index is 11.6. The molecule has 0 aromatic rings. The number of rotatable bonds is 0. The van der Waals surface area contributed by atoms with Crippen LogP contribution in [0.15, 0.2) is 11.1 Å². The van der Waals surface area contributed by atoms with Crippen LogP contribution >= 0.6 is 11.8 Å². The van der Waals surface area contributed by atoms with Gasteiger partial charge in [0.25, 0.3) is 0 Å². The third-order valence-electron chi connectivity index (χ3n) is 0.853. The molecule has 0 saturated carbocycles. The predicted octanol–water partition coefficient (Wildman–Crippen LogP) is 1.68. The normalized spacial score (nSPS) is 19.2. The highest BCUT2D eigenvalue weighted by Crippen LogP contribution is 2.28. The van der Waals surface area contributed by atoms with Gasteiger partial charge in [-0.3, -0.25) is 0 Å². The fraction of sp³-hybridized carbons (Fsp3) is 0.500. The lowest BCUT2D eigenvalue weighted by Crippen LogP contribution is -2.21. The van der Waals surface area contributed by atoms with Gasteiger partial charge in [0.2, 0.25) is 0 Å². The van der Waals surface area contributed by atoms with Gasteiger partial charge >= 0.3 is 6.18 Å². The van der Waals surface area contributed by atoms with Crippen LogP contribution in [0.2, 0.25) is 0 Å². The standard InChI is InChI=1S/C4H4F3NS/c5-4(6,7)3-1-9-2-8-3/h1,8H,2H2. The first kappa shape index (κ1) is 6.80. The predicted molar refractivity (Wildman–Crippen MR) is 29.7 cm³/mol. The van der Waals surface area contributed by atoms with Crippen LogP contribution < -0.4 is 5.32 Å². The Bertz CT molecular complexity index is 139. The lowest BCUT2D eigenvalue weighted by molar-refractivity contribution is -0.0955. The lowest BCUT2D eigenvalue weighted by atomic mass is 10.5. The van der Waals surface area contributed by atoms with Gasteiger partial charge in [-0.1, -0.05) is 0 Å². The molecule has 1 N–H and O–H groups in total. The van der Waals surface area contributed by atoms with Crippen LogP contribution in [0, 0.1) is 0 Å². The number of thioether (sulfide) groups is 1. The van der Waals surface area contributed by atoms with Crippen molar-refractivity contribution in [3.8, 4) is 0 Å². The minimum atomic E-state index is -4.19.